The molecule has 20 heavy (non-hydrogen) atoms. The normalized spacial score (nSPS) is 10.7. The molecule has 0 aliphatic carbocycles. The van der Waals surface area contributed by atoms with Crippen LogP contribution in [0.25, 0.3) is 0 Å². The lowest BCUT2D eigenvalue weighted by Crippen LogP contribution is -1.99. The summed E-state index contributed by atoms with van der Waals surface area (Å²) in [5, 5.41) is 24.6. The number of nitro groups is 1. The van der Waals surface area contributed by atoms with Crippen LogP contribution in [0.4, 0.5) is 11.5 Å². The van der Waals surface area contributed by atoms with Gasteiger partial charge in [-0.05, 0) is 24.3 Å². The molecule has 2 aromatic rings. The maximum absolute atomic E-state index is 10.8. The van der Waals surface area contributed by atoms with Crippen molar-refractivity contribution in [2.75, 3.05) is 5.43 Å². The number of benzene rings is 1. The minimum absolute atomic E-state index is 0.00419. The lowest BCUT2D eigenvalue weighted by Gasteiger charge is -2.01. The van der Waals surface area contributed by atoms with Gasteiger partial charge in [-0.15, -0.1) is 0 Å². The van der Waals surface area contributed by atoms with Crippen LogP contribution in [0.15, 0.2) is 41.6 Å². The highest BCUT2D eigenvalue weighted by molar-refractivity contribution is 6.30. The SMILES string of the molecule is O=[N+]([O-])c1cccnc1N/N=C\c1cc(Cl)ccc1O. The Balaban J connectivity index is 2.18. The van der Waals surface area contributed by atoms with Crippen molar-refractivity contribution >= 4 is 29.3 Å². The average Bonchev–Trinajstić information content (AvgIpc) is 2.43. The summed E-state index contributed by atoms with van der Waals surface area (Å²) >= 11 is 5.78. The van der Waals surface area contributed by atoms with Crippen LogP contribution < -0.4 is 5.43 Å². The van der Waals surface area contributed by atoms with Crippen molar-refractivity contribution in [2.45, 2.75) is 0 Å². The molecule has 0 amide bonds. The first-order valence-electron chi connectivity index (χ1n) is 5.45. The Morgan fingerprint density at radius 3 is 3.00 bits per heavy atom. The van der Waals surface area contributed by atoms with Crippen LogP contribution in [0.2, 0.25) is 5.02 Å². The molecule has 0 atom stereocenters. The molecule has 0 aliphatic rings. The molecule has 0 fully saturated rings. The largest absolute Gasteiger partial charge is 0.507 e. The smallest absolute Gasteiger partial charge is 0.313 e. The van der Waals surface area contributed by atoms with Crippen LogP contribution in [0.3, 0.4) is 0 Å². The first-order chi connectivity index (χ1) is 9.58. The molecule has 0 saturated carbocycles. The lowest BCUT2D eigenvalue weighted by molar-refractivity contribution is -0.384. The number of nitrogens with one attached hydrogen (secondary N) is 1. The van der Waals surface area contributed by atoms with E-state index in [4.69, 9.17) is 11.6 Å². The number of halogens is 1. The number of rotatable bonds is 4. The Morgan fingerprint density at radius 1 is 1.45 bits per heavy atom. The van der Waals surface area contributed by atoms with E-state index in [2.05, 4.69) is 15.5 Å². The van der Waals surface area contributed by atoms with Gasteiger partial charge in [-0.1, -0.05) is 11.6 Å². The summed E-state index contributed by atoms with van der Waals surface area (Å²) in [4.78, 5) is 14.0. The monoisotopic (exact) mass is 292 g/mol. The highest BCUT2D eigenvalue weighted by Crippen LogP contribution is 2.21. The summed E-state index contributed by atoms with van der Waals surface area (Å²) < 4.78 is 0. The zero-order valence-electron chi connectivity index (χ0n) is 10.0. The number of anilines is 1. The molecular weight excluding hydrogens is 284 g/mol. The maximum Gasteiger partial charge on any atom is 0.313 e. The molecule has 102 valence electrons. The van der Waals surface area contributed by atoms with Crippen LogP contribution in [0.1, 0.15) is 5.56 Å². The number of phenolic OH excluding ortho intramolecular Hbond substituents is 1. The maximum atomic E-state index is 10.8. The van der Waals surface area contributed by atoms with E-state index in [0.29, 0.717) is 10.6 Å². The Bertz CT molecular complexity index is 676. The van der Waals surface area contributed by atoms with Gasteiger partial charge in [0.1, 0.15) is 5.75 Å². The molecule has 0 unspecified atom stereocenters. The standard InChI is InChI=1S/C12H9ClN4O3/c13-9-3-4-11(18)8(6-9)7-15-16-12-10(17(19)20)2-1-5-14-12/h1-7,18H,(H,14,16)/b15-7-. The van der Waals surface area contributed by atoms with E-state index < -0.39 is 4.92 Å². The minimum Gasteiger partial charge on any atom is -0.507 e. The molecule has 1 aromatic heterocycles. The van der Waals surface area contributed by atoms with Crippen molar-refractivity contribution in [3.05, 3.63) is 57.2 Å². The minimum atomic E-state index is -0.568. The Labute approximate surface area is 118 Å². The van der Waals surface area contributed by atoms with Crippen molar-refractivity contribution in [1.29, 1.82) is 0 Å². The van der Waals surface area contributed by atoms with E-state index in [1.807, 2.05) is 0 Å². The van der Waals surface area contributed by atoms with E-state index >= 15 is 0 Å². The van der Waals surface area contributed by atoms with Crippen molar-refractivity contribution in [2.24, 2.45) is 5.10 Å². The fourth-order valence-electron chi connectivity index (χ4n) is 1.42. The van der Waals surface area contributed by atoms with Gasteiger partial charge in [-0.25, -0.2) is 4.98 Å². The second-order valence-corrected chi connectivity index (χ2v) is 4.14. The molecule has 1 heterocycles. The fourth-order valence-corrected chi connectivity index (χ4v) is 1.60. The van der Waals surface area contributed by atoms with E-state index in [1.165, 1.54) is 42.7 Å². The van der Waals surface area contributed by atoms with Gasteiger partial charge >= 0.3 is 5.69 Å². The predicted molar refractivity (Wildman–Crippen MR) is 75.2 cm³/mol. The molecule has 2 rings (SSSR count). The summed E-state index contributed by atoms with van der Waals surface area (Å²) in [5.41, 5.74) is 2.64. The number of aromatic hydroxyl groups is 1. The predicted octanol–water partition coefficient (Wildman–Crippen LogP) is 2.79. The van der Waals surface area contributed by atoms with Crippen LogP contribution in [0, 0.1) is 10.1 Å². The number of pyridine rings is 1. The van der Waals surface area contributed by atoms with Gasteiger partial charge in [-0.2, -0.15) is 5.10 Å². The molecular formula is C12H9ClN4O3. The van der Waals surface area contributed by atoms with E-state index in [1.54, 1.807) is 0 Å². The Kier molecular flexibility index (Phi) is 4.11. The Hall–Kier alpha value is -2.67. The number of phenols is 1. The van der Waals surface area contributed by atoms with Crippen LogP contribution in [0.5, 0.6) is 5.75 Å². The van der Waals surface area contributed by atoms with Gasteiger partial charge < -0.3 is 5.11 Å². The summed E-state index contributed by atoms with van der Waals surface area (Å²) in [7, 11) is 0. The van der Waals surface area contributed by atoms with Gasteiger partial charge in [0.15, 0.2) is 0 Å². The van der Waals surface area contributed by atoms with Gasteiger partial charge in [0.25, 0.3) is 0 Å². The van der Waals surface area contributed by atoms with Gasteiger partial charge in [0, 0.05) is 22.8 Å². The van der Waals surface area contributed by atoms with Crippen molar-refractivity contribution < 1.29 is 10.0 Å². The molecule has 0 aliphatic heterocycles. The quantitative estimate of drug-likeness (QED) is 0.512. The van der Waals surface area contributed by atoms with Crippen molar-refractivity contribution in [3.63, 3.8) is 0 Å². The second kappa shape index (κ2) is 5.98. The molecule has 0 radical (unpaired) electrons. The number of hydrogen-bond donors (Lipinski definition) is 2. The number of hydrazone groups is 1. The molecule has 1 aromatic carbocycles. The van der Waals surface area contributed by atoms with E-state index in [-0.39, 0.29) is 17.3 Å². The molecule has 8 heteroatoms. The number of nitrogens with zero attached hydrogens (tertiary/aromatic N) is 3. The number of aromatic nitrogens is 1. The van der Waals surface area contributed by atoms with Gasteiger partial charge in [-0.3, -0.25) is 15.5 Å². The molecule has 7 nitrogen and oxygen atoms in total. The van der Waals surface area contributed by atoms with Gasteiger partial charge in [0.2, 0.25) is 5.82 Å². The van der Waals surface area contributed by atoms with E-state index in [0.717, 1.165) is 0 Å². The van der Waals surface area contributed by atoms with Crippen LogP contribution >= 0.6 is 11.6 Å². The third kappa shape index (κ3) is 3.21. The topological polar surface area (TPSA) is 101 Å². The highest BCUT2D eigenvalue weighted by Gasteiger charge is 2.12. The third-order valence-corrected chi connectivity index (χ3v) is 2.58. The summed E-state index contributed by atoms with van der Waals surface area (Å²) in [6.45, 7) is 0. The highest BCUT2D eigenvalue weighted by atomic mass is 35.5. The lowest BCUT2D eigenvalue weighted by atomic mass is 10.2. The summed E-state index contributed by atoms with van der Waals surface area (Å²) in [6.07, 6.45) is 2.70. The molecule has 2 N–H and O–H groups in total. The van der Waals surface area contributed by atoms with Gasteiger partial charge in [0.05, 0.1) is 11.1 Å². The second-order valence-electron chi connectivity index (χ2n) is 3.70. The van der Waals surface area contributed by atoms with E-state index in [9.17, 15) is 15.2 Å². The Morgan fingerprint density at radius 2 is 2.25 bits per heavy atom. The molecule has 0 saturated heterocycles. The first kappa shape index (κ1) is 13.8. The average molecular weight is 293 g/mol. The van der Waals surface area contributed by atoms with Crippen molar-refractivity contribution in [1.82, 2.24) is 4.98 Å². The van der Waals surface area contributed by atoms with Crippen LogP contribution in [-0.4, -0.2) is 21.2 Å². The summed E-state index contributed by atoms with van der Waals surface area (Å²) in [6, 6.07) is 7.23. The first-order valence-corrected chi connectivity index (χ1v) is 5.82. The zero-order valence-corrected chi connectivity index (χ0v) is 10.8. The fraction of sp³-hybridized carbons (Fsp3) is 0. The molecule has 0 bridgehead atoms. The molecule has 0 spiro atoms. The third-order valence-electron chi connectivity index (χ3n) is 2.35. The zero-order chi connectivity index (χ0) is 14.5. The summed E-state index contributed by atoms with van der Waals surface area (Å²) in [5.74, 6) is 0.00531. The van der Waals surface area contributed by atoms with Crippen LogP contribution in [-0.2, 0) is 0 Å². The van der Waals surface area contributed by atoms with Crippen molar-refractivity contribution in [3.8, 4) is 5.75 Å². The number of hydrogen-bond acceptors (Lipinski definition) is 6.